The first kappa shape index (κ1) is 18.0. The molecule has 9 heteroatoms. The van der Waals surface area contributed by atoms with Gasteiger partial charge in [0.15, 0.2) is 0 Å². The summed E-state index contributed by atoms with van der Waals surface area (Å²) in [6.07, 6.45) is 0. The number of benzene rings is 2. The molecule has 2 aromatic carbocycles. The molecule has 3 aromatic rings. The van der Waals surface area contributed by atoms with Gasteiger partial charge in [-0.05, 0) is 24.3 Å². The summed E-state index contributed by atoms with van der Waals surface area (Å²) in [5.41, 5.74) is 4.51. The fourth-order valence-corrected chi connectivity index (χ4v) is 2.71. The van der Waals surface area contributed by atoms with Gasteiger partial charge in [0.1, 0.15) is 6.54 Å². The Balaban J connectivity index is 1.63. The van der Waals surface area contributed by atoms with Crippen molar-refractivity contribution in [1.29, 1.82) is 0 Å². The molecule has 132 valence electrons. The molecule has 7 nitrogen and oxygen atoms in total. The molecular formula is C17H14Cl2N6O. The maximum Gasteiger partial charge on any atom is 0.263 e. The lowest BCUT2D eigenvalue weighted by atomic mass is 10.1. The summed E-state index contributed by atoms with van der Waals surface area (Å²) in [7, 11) is 0. The second kappa shape index (κ2) is 8.07. The number of hydrogen-bond acceptors (Lipinski definition) is 5. The molecule has 0 unspecified atom stereocenters. The van der Waals surface area contributed by atoms with Gasteiger partial charge in [0.05, 0.1) is 10.7 Å². The molecule has 0 aliphatic carbocycles. The van der Waals surface area contributed by atoms with Gasteiger partial charge in [-0.3, -0.25) is 4.79 Å². The highest BCUT2D eigenvalue weighted by molar-refractivity contribution is 6.37. The normalized spacial score (nSPS) is 11.4. The summed E-state index contributed by atoms with van der Waals surface area (Å²) >= 11 is 12.0. The maximum absolute atomic E-state index is 12.0. The number of nitrogens with one attached hydrogen (secondary N) is 1. The highest BCUT2D eigenvalue weighted by Gasteiger charge is 2.09. The molecule has 1 heterocycles. The highest BCUT2D eigenvalue weighted by Crippen LogP contribution is 2.21. The quantitative estimate of drug-likeness (QED) is 0.537. The molecule has 0 spiro atoms. The van der Waals surface area contributed by atoms with E-state index in [-0.39, 0.29) is 12.5 Å². The number of tetrazole rings is 1. The third-order valence-corrected chi connectivity index (χ3v) is 3.99. The van der Waals surface area contributed by atoms with Crippen molar-refractivity contribution in [3.05, 3.63) is 64.1 Å². The van der Waals surface area contributed by atoms with Crippen LogP contribution in [-0.4, -0.2) is 31.8 Å². The number of carbonyl (C=O) groups excluding carboxylic acids is 1. The summed E-state index contributed by atoms with van der Waals surface area (Å²) in [5.74, 6) is 0.0671. The molecule has 0 aliphatic rings. The molecule has 3 rings (SSSR count). The van der Waals surface area contributed by atoms with Gasteiger partial charge in [0.25, 0.3) is 5.91 Å². The minimum absolute atomic E-state index is 0.106. The number of aromatic nitrogens is 4. The van der Waals surface area contributed by atoms with Gasteiger partial charge < -0.3 is 0 Å². The number of rotatable bonds is 5. The van der Waals surface area contributed by atoms with E-state index in [1.165, 1.54) is 4.80 Å². The van der Waals surface area contributed by atoms with Crippen LogP contribution in [0.4, 0.5) is 0 Å². The van der Waals surface area contributed by atoms with E-state index in [1.54, 1.807) is 25.1 Å². The molecule has 1 amide bonds. The van der Waals surface area contributed by atoms with E-state index in [9.17, 15) is 4.79 Å². The summed E-state index contributed by atoms with van der Waals surface area (Å²) < 4.78 is 0. The Morgan fingerprint density at radius 3 is 2.69 bits per heavy atom. The van der Waals surface area contributed by atoms with E-state index in [0.29, 0.717) is 27.1 Å². The lowest BCUT2D eigenvalue weighted by Crippen LogP contribution is -2.25. The molecule has 1 aromatic heterocycles. The third-order valence-electron chi connectivity index (χ3n) is 3.44. The molecule has 0 saturated carbocycles. The summed E-state index contributed by atoms with van der Waals surface area (Å²) in [6, 6.07) is 14.4. The van der Waals surface area contributed by atoms with Gasteiger partial charge in [-0.2, -0.15) is 9.90 Å². The van der Waals surface area contributed by atoms with Crippen molar-refractivity contribution < 1.29 is 4.79 Å². The third kappa shape index (κ3) is 4.44. The standard InChI is InChI=1S/C17H14Cl2N6O/c1-11(14-8-7-13(18)9-15(14)19)20-21-16(26)10-25-23-17(22-24-25)12-5-3-2-4-6-12/h2-9H,10H2,1H3,(H,21,26)/b20-11-. The first-order valence-corrected chi connectivity index (χ1v) is 8.40. The maximum atomic E-state index is 12.0. The van der Waals surface area contributed by atoms with Crippen LogP contribution in [0.1, 0.15) is 12.5 Å². The molecular weight excluding hydrogens is 375 g/mol. The Morgan fingerprint density at radius 1 is 1.19 bits per heavy atom. The topological polar surface area (TPSA) is 85.1 Å². The van der Waals surface area contributed by atoms with Crippen LogP contribution in [0.3, 0.4) is 0 Å². The van der Waals surface area contributed by atoms with E-state index in [1.807, 2.05) is 30.3 Å². The number of hydrogen-bond donors (Lipinski definition) is 1. The predicted molar refractivity (Wildman–Crippen MR) is 100 cm³/mol. The fraction of sp³-hybridized carbons (Fsp3) is 0.118. The van der Waals surface area contributed by atoms with Crippen molar-refractivity contribution in [2.24, 2.45) is 5.10 Å². The zero-order valence-corrected chi connectivity index (χ0v) is 15.2. The Kier molecular flexibility index (Phi) is 5.60. The van der Waals surface area contributed by atoms with Gasteiger partial charge >= 0.3 is 0 Å². The van der Waals surface area contributed by atoms with Crippen molar-refractivity contribution in [1.82, 2.24) is 25.6 Å². The molecule has 0 saturated heterocycles. The second-order valence-corrected chi connectivity index (χ2v) is 6.21. The van der Waals surface area contributed by atoms with Crippen LogP contribution in [0.2, 0.25) is 10.0 Å². The van der Waals surface area contributed by atoms with Crippen molar-refractivity contribution in [2.75, 3.05) is 0 Å². The Labute approximate surface area is 159 Å². The van der Waals surface area contributed by atoms with Crippen molar-refractivity contribution in [3.8, 4) is 11.4 Å². The van der Waals surface area contributed by atoms with E-state index >= 15 is 0 Å². The van der Waals surface area contributed by atoms with E-state index < -0.39 is 0 Å². The predicted octanol–water partition coefficient (Wildman–Crippen LogP) is 3.19. The molecule has 0 atom stereocenters. The van der Waals surface area contributed by atoms with Gasteiger partial charge in [-0.15, -0.1) is 10.2 Å². The minimum Gasteiger partial charge on any atom is -0.271 e. The smallest absolute Gasteiger partial charge is 0.263 e. The van der Waals surface area contributed by atoms with Crippen molar-refractivity contribution in [2.45, 2.75) is 13.5 Å². The molecule has 0 aliphatic heterocycles. The average molecular weight is 389 g/mol. The second-order valence-electron chi connectivity index (χ2n) is 5.37. The van der Waals surface area contributed by atoms with Gasteiger partial charge in [0.2, 0.25) is 5.82 Å². The SMILES string of the molecule is C/C(=N/NC(=O)Cn1nnc(-c2ccccc2)n1)c1ccc(Cl)cc1Cl. The minimum atomic E-state index is -0.383. The lowest BCUT2D eigenvalue weighted by molar-refractivity contribution is -0.122. The van der Waals surface area contributed by atoms with Crippen molar-refractivity contribution >= 4 is 34.8 Å². The Bertz CT molecular complexity index is 955. The first-order valence-electron chi connectivity index (χ1n) is 7.65. The van der Waals surface area contributed by atoms with Crippen LogP contribution >= 0.6 is 23.2 Å². The number of amides is 1. The molecule has 0 bridgehead atoms. The van der Waals surface area contributed by atoms with Crippen LogP contribution in [0.5, 0.6) is 0 Å². The largest absolute Gasteiger partial charge is 0.271 e. The highest BCUT2D eigenvalue weighted by atomic mass is 35.5. The van der Waals surface area contributed by atoms with Crippen LogP contribution in [0.25, 0.3) is 11.4 Å². The van der Waals surface area contributed by atoms with Crippen molar-refractivity contribution in [3.63, 3.8) is 0 Å². The average Bonchev–Trinajstić information content (AvgIpc) is 3.09. The summed E-state index contributed by atoms with van der Waals surface area (Å²) in [4.78, 5) is 13.2. The Morgan fingerprint density at radius 2 is 1.96 bits per heavy atom. The van der Waals surface area contributed by atoms with Gasteiger partial charge in [-0.25, -0.2) is 5.43 Å². The number of carbonyl (C=O) groups is 1. The number of halogens is 2. The van der Waals surface area contributed by atoms with Crippen LogP contribution in [0.15, 0.2) is 53.6 Å². The number of hydrazone groups is 1. The zero-order valence-electron chi connectivity index (χ0n) is 13.7. The van der Waals surface area contributed by atoms with Crippen LogP contribution in [0, 0.1) is 0 Å². The molecule has 0 radical (unpaired) electrons. The monoisotopic (exact) mass is 388 g/mol. The van der Waals surface area contributed by atoms with E-state index in [2.05, 4.69) is 25.9 Å². The lowest BCUT2D eigenvalue weighted by Gasteiger charge is -2.05. The Hall–Kier alpha value is -2.77. The van der Waals surface area contributed by atoms with Gasteiger partial charge in [-0.1, -0.05) is 59.6 Å². The summed E-state index contributed by atoms with van der Waals surface area (Å²) in [6.45, 7) is 1.63. The zero-order chi connectivity index (χ0) is 18.5. The van der Waals surface area contributed by atoms with Gasteiger partial charge in [0, 0.05) is 16.1 Å². The van der Waals surface area contributed by atoms with Crippen LogP contribution < -0.4 is 5.43 Å². The van der Waals surface area contributed by atoms with Crippen LogP contribution in [-0.2, 0) is 11.3 Å². The molecule has 1 N–H and O–H groups in total. The fourth-order valence-electron chi connectivity index (χ4n) is 2.17. The number of nitrogens with zero attached hydrogens (tertiary/aromatic N) is 5. The van der Waals surface area contributed by atoms with E-state index in [4.69, 9.17) is 23.2 Å². The summed E-state index contributed by atoms with van der Waals surface area (Å²) in [5, 5.41) is 17.0. The molecule has 26 heavy (non-hydrogen) atoms. The first-order chi connectivity index (χ1) is 12.5. The van der Waals surface area contributed by atoms with E-state index in [0.717, 1.165) is 5.56 Å². The molecule has 0 fully saturated rings.